The van der Waals surface area contributed by atoms with Crippen molar-refractivity contribution in [1.82, 2.24) is 4.90 Å². The quantitative estimate of drug-likeness (QED) is 0.482. The van der Waals surface area contributed by atoms with E-state index in [2.05, 4.69) is 0 Å². The standard InChI is InChI=1S/C12H8F15NO3/c1-2-28(3-4(29)30)5(31)6(13,14)7(15,16)8(17,18)9(19,20)10(21,22)11(23,24)12(25,26)27/h2-3H2,1H3,(H,29,30). The summed E-state index contributed by atoms with van der Waals surface area (Å²) >= 11 is 0. The second-order valence-corrected chi connectivity index (χ2v) is 5.66. The van der Waals surface area contributed by atoms with Crippen LogP contribution in [0.4, 0.5) is 65.9 Å². The summed E-state index contributed by atoms with van der Waals surface area (Å²) in [6, 6.07) is 0. The van der Waals surface area contributed by atoms with Gasteiger partial charge in [-0.05, 0) is 6.92 Å². The van der Waals surface area contributed by atoms with Gasteiger partial charge in [0, 0.05) is 6.54 Å². The van der Waals surface area contributed by atoms with Crippen LogP contribution >= 0.6 is 0 Å². The highest BCUT2D eigenvalue weighted by Crippen LogP contribution is 2.62. The van der Waals surface area contributed by atoms with Gasteiger partial charge in [0.25, 0.3) is 5.91 Å². The Kier molecular flexibility index (Phi) is 7.26. The van der Waals surface area contributed by atoms with E-state index in [1.807, 2.05) is 0 Å². The SMILES string of the molecule is CCN(CC(=O)O)C(=O)C(F)(F)C(F)(F)C(F)(F)C(F)(F)C(F)(F)C(F)(F)C(F)(F)F. The van der Waals surface area contributed by atoms with Crippen LogP contribution in [-0.2, 0) is 9.59 Å². The zero-order valence-corrected chi connectivity index (χ0v) is 14.3. The lowest BCUT2D eigenvalue weighted by atomic mass is 9.90. The van der Waals surface area contributed by atoms with Crippen LogP contribution in [0.1, 0.15) is 6.92 Å². The number of amides is 1. The van der Waals surface area contributed by atoms with E-state index in [1.165, 1.54) is 0 Å². The van der Waals surface area contributed by atoms with E-state index < -0.39 is 71.6 Å². The summed E-state index contributed by atoms with van der Waals surface area (Å²) in [5.41, 5.74) is 0. The van der Waals surface area contributed by atoms with Gasteiger partial charge in [-0.3, -0.25) is 9.59 Å². The molecule has 31 heavy (non-hydrogen) atoms. The first kappa shape index (κ1) is 28.9. The summed E-state index contributed by atoms with van der Waals surface area (Å²) in [5.74, 6) is -54.5. The molecule has 0 spiro atoms. The summed E-state index contributed by atoms with van der Waals surface area (Å²) in [6.07, 6.45) is -7.73. The number of aliphatic carboxylic acids is 1. The molecule has 1 N–H and O–H groups in total. The van der Waals surface area contributed by atoms with E-state index in [1.54, 1.807) is 0 Å². The number of carbonyl (C=O) groups excluding carboxylic acids is 1. The molecule has 184 valence electrons. The van der Waals surface area contributed by atoms with Crippen molar-refractivity contribution >= 4 is 11.9 Å². The van der Waals surface area contributed by atoms with Gasteiger partial charge in [0.05, 0.1) is 0 Å². The monoisotopic (exact) mass is 499 g/mol. The first-order valence-electron chi connectivity index (χ1n) is 7.13. The molecule has 0 fully saturated rings. The Bertz CT molecular complexity index is 700. The minimum atomic E-state index is -8.52. The number of nitrogens with zero attached hydrogens (tertiary/aromatic N) is 1. The van der Waals surface area contributed by atoms with Gasteiger partial charge in [-0.15, -0.1) is 0 Å². The third kappa shape index (κ3) is 4.06. The summed E-state index contributed by atoms with van der Waals surface area (Å²) in [5, 5.41) is 8.31. The summed E-state index contributed by atoms with van der Waals surface area (Å²) in [6.45, 7) is -2.62. The number of rotatable bonds is 9. The molecule has 0 rings (SSSR count). The molecule has 0 aliphatic rings. The first-order valence-corrected chi connectivity index (χ1v) is 7.13. The highest BCUT2D eigenvalue weighted by Gasteiger charge is 2.94. The predicted molar refractivity (Wildman–Crippen MR) is 65.6 cm³/mol. The third-order valence-corrected chi connectivity index (χ3v) is 3.59. The van der Waals surface area contributed by atoms with Crippen LogP contribution in [0.3, 0.4) is 0 Å². The second kappa shape index (κ2) is 7.79. The van der Waals surface area contributed by atoms with Gasteiger partial charge in [-0.2, -0.15) is 65.9 Å². The van der Waals surface area contributed by atoms with E-state index in [4.69, 9.17) is 5.11 Å². The Labute approximate surface area is 160 Å². The number of carboxylic acids is 1. The third-order valence-electron chi connectivity index (χ3n) is 3.59. The molecular weight excluding hydrogens is 491 g/mol. The largest absolute Gasteiger partial charge is 0.480 e. The van der Waals surface area contributed by atoms with Crippen LogP contribution in [0.15, 0.2) is 0 Å². The number of halogens is 15. The van der Waals surface area contributed by atoms with Crippen molar-refractivity contribution in [2.24, 2.45) is 0 Å². The smallest absolute Gasteiger partial charge is 0.460 e. The molecule has 0 aromatic heterocycles. The second-order valence-electron chi connectivity index (χ2n) is 5.66. The maximum absolute atomic E-state index is 13.6. The van der Waals surface area contributed by atoms with Crippen LogP contribution in [0.5, 0.6) is 0 Å². The Balaban J connectivity index is 6.62. The van der Waals surface area contributed by atoms with Crippen LogP contribution in [0, 0.1) is 0 Å². The Morgan fingerprint density at radius 2 is 0.968 bits per heavy atom. The fourth-order valence-corrected chi connectivity index (χ4v) is 1.79. The topological polar surface area (TPSA) is 57.6 Å². The minimum Gasteiger partial charge on any atom is -0.480 e. The van der Waals surface area contributed by atoms with Crippen molar-refractivity contribution in [2.75, 3.05) is 13.1 Å². The summed E-state index contributed by atoms with van der Waals surface area (Å²) in [7, 11) is 0. The molecule has 0 saturated heterocycles. The molecule has 0 saturated carbocycles. The lowest BCUT2D eigenvalue weighted by Gasteiger charge is -2.41. The molecule has 0 aromatic rings. The van der Waals surface area contributed by atoms with Crippen LogP contribution in [0.25, 0.3) is 0 Å². The Morgan fingerprint density at radius 3 is 1.26 bits per heavy atom. The van der Waals surface area contributed by atoms with E-state index in [0.29, 0.717) is 6.92 Å². The number of carbonyl (C=O) groups is 2. The highest BCUT2D eigenvalue weighted by atomic mass is 19.4. The first-order chi connectivity index (χ1) is 13.3. The molecule has 0 unspecified atom stereocenters. The molecule has 0 aromatic carbocycles. The summed E-state index contributed by atoms with van der Waals surface area (Å²) in [4.78, 5) is 20.8. The Hall–Kier alpha value is -2.11. The fourth-order valence-electron chi connectivity index (χ4n) is 1.79. The zero-order valence-electron chi connectivity index (χ0n) is 14.3. The molecule has 0 atom stereocenters. The molecular formula is C12H8F15NO3. The molecule has 19 heteroatoms. The maximum Gasteiger partial charge on any atom is 0.460 e. The van der Waals surface area contributed by atoms with E-state index in [9.17, 15) is 75.4 Å². The molecule has 1 amide bonds. The molecule has 0 heterocycles. The predicted octanol–water partition coefficient (Wildman–Crippen LogP) is 4.29. The van der Waals surface area contributed by atoms with Gasteiger partial charge in [0.2, 0.25) is 0 Å². The molecule has 0 aliphatic carbocycles. The molecule has 0 bridgehead atoms. The number of carboxylic acid groups (broad SMARTS) is 1. The van der Waals surface area contributed by atoms with Gasteiger partial charge >= 0.3 is 47.7 Å². The van der Waals surface area contributed by atoms with Crippen LogP contribution < -0.4 is 0 Å². The van der Waals surface area contributed by atoms with Crippen molar-refractivity contribution in [3.05, 3.63) is 0 Å². The summed E-state index contributed by atoms with van der Waals surface area (Å²) < 4.78 is 195. The zero-order chi connectivity index (χ0) is 25.6. The number of hydrogen-bond donors (Lipinski definition) is 1. The molecule has 4 nitrogen and oxygen atoms in total. The van der Waals surface area contributed by atoms with Gasteiger partial charge in [0.1, 0.15) is 6.54 Å². The van der Waals surface area contributed by atoms with E-state index in [0.717, 1.165) is 0 Å². The Morgan fingerprint density at radius 1 is 0.645 bits per heavy atom. The van der Waals surface area contributed by atoms with Crippen molar-refractivity contribution in [3.8, 4) is 0 Å². The van der Waals surface area contributed by atoms with Gasteiger partial charge in [-0.1, -0.05) is 0 Å². The van der Waals surface area contributed by atoms with Crippen LogP contribution in [0.2, 0.25) is 0 Å². The average Bonchev–Trinajstić information content (AvgIpc) is 2.56. The lowest BCUT2D eigenvalue weighted by Crippen LogP contribution is -2.74. The minimum absolute atomic E-state index is 0.583. The van der Waals surface area contributed by atoms with E-state index >= 15 is 0 Å². The normalized spacial score (nSPS) is 15.1. The van der Waals surface area contributed by atoms with E-state index in [-0.39, 0.29) is 0 Å². The van der Waals surface area contributed by atoms with Crippen molar-refractivity contribution in [1.29, 1.82) is 0 Å². The van der Waals surface area contributed by atoms with Crippen molar-refractivity contribution < 1.29 is 80.6 Å². The fraction of sp³-hybridized carbons (Fsp3) is 0.833. The molecule has 0 radical (unpaired) electrons. The number of hydrogen-bond acceptors (Lipinski definition) is 2. The van der Waals surface area contributed by atoms with Gasteiger partial charge in [-0.25, -0.2) is 0 Å². The van der Waals surface area contributed by atoms with Crippen molar-refractivity contribution in [2.45, 2.75) is 48.6 Å². The number of likely N-dealkylation sites (N-methyl/N-ethyl adjacent to an activating group) is 1. The maximum atomic E-state index is 13.6. The van der Waals surface area contributed by atoms with Crippen molar-refractivity contribution in [3.63, 3.8) is 0 Å². The molecule has 0 aliphatic heterocycles. The number of alkyl halides is 15. The van der Waals surface area contributed by atoms with Gasteiger partial charge < -0.3 is 10.0 Å². The highest BCUT2D eigenvalue weighted by molar-refractivity contribution is 5.87. The van der Waals surface area contributed by atoms with Crippen LogP contribution in [-0.4, -0.2) is 76.7 Å². The van der Waals surface area contributed by atoms with Gasteiger partial charge in [0.15, 0.2) is 0 Å². The average molecular weight is 499 g/mol. The lowest BCUT2D eigenvalue weighted by molar-refractivity contribution is -0.449.